The van der Waals surface area contributed by atoms with Crippen LogP contribution in [0.25, 0.3) is 5.57 Å². The van der Waals surface area contributed by atoms with Crippen LogP contribution in [-0.2, 0) is 10.8 Å². The Bertz CT molecular complexity index is 644. The van der Waals surface area contributed by atoms with Crippen LogP contribution in [0.1, 0.15) is 11.4 Å². The molecule has 19 heavy (non-hydrogen) atoms. The Balaban J connectivity index is 2.44. The summed E-state index contributed by atoms with van der Waals surface area (Å²) in [5.41, 5.74) is 3.76. The summed E-state index contributed by atoms with van der Waals surface area (Å²) in [5, 5.41) is 0.456. The van der Waals surface area contributed by atoms with E-state index in [-0.39, 0.29) is 0 Å². The summed E-state index contributed by atoms with van der Waals surface area (Å²) < 4.78 is 11.4. The summed E-state index contributed by atoms with van der Waals surface area (Å²) in [6.07, 6.45) is 4.73. The SMILES string of the molecule is C=C(c1nccc(S(C)=O)n1)c1cccnc1NN. The van der Waals surface area contributed by atoms with Gasteiger partial charge in [-0.1, -0.05) is 6.58 Å². The molecule has 6 nitrogen and oxygen atoms in total. The molecule has 2 heterocycles. The van der Waals surface area contributed by atoms with E-state index in [1.165, 1.54) is 0 Å². The van der Waals surface area contributed by atoms with E-state index in [1.54, 1.807) is 30.8 Å². The first kappa shape index (κ1) is 13.3. The molecule has 98 valence electrons. The average Bonchev–Trinajstić information content (AvgIpc) is 2.46. The van der Waals surface area contributed by atoms with Gasteiger partial charge in [-0.15, -0.1) is 0 Å². The maximum Gasteiger partial charge on any atom is 0.160 e. The molecule has 1 unspecified atom stereocenters. The van der Waals surface area contributed by atoms with Crippen molar-refractivity contribution in [1.82, 2.24) is 15.0 Å². The molecule has 7 heteroatoms. The Kier molecular flexibility index (Phi) is 3.98. The number of hydrogen-bond donors (Lipinski definition) is 2. The first-order chi connectivity index (χ1) is 9.13. The zero-order valence-electron chi connectivity index (χ0n) is 10.3. The predicted octanol–water partition coefficient (Wildman–Crippen LogP) is 0.956. The van der Waals surface area contributed by atoms with E-state index in [9.17, 15) is 4.21 Å². The molecular formula is C12H13N5OS. The Morgan fingerprint density at radius 3 is 2.84 bits per heavy atom. The Labute approximate surface area is 113 Å². The Hall–Kier alpha value is -2.12. The van der Waals surface area contributed by atoms with Crippen LogP contribution in [0.5, 0.6) is 0 Å². The summed E-state index contributed by atoms with van der Waals surface area (Å²) in [6, 6.07) is 5.19. The molecule has 0 amide bonds. The monoisotopic (exact) mass is 275 g/mol. The van der Waals surface area contributed by atoms with Gasteiger partial charge < -0.3 is 5.43 Å². The van der Waals surface area contributed by atoms with Crippen LogP contribution in [0.15, 0.2) is 42.2 Å². The van der Waals surface area contributed by atoms with Gasteiger partial charge in [0.05, 0.1) is 10.8 Å². The van der Waals surface area contributed by atoms with Gasteiger partial charge in [-0.05, 0) is 18.2 Å². The van der Waals surface area contributed by atoms with E-state index in [0.29, 0.717) is 27.8 Å². The molecule has 0 aliphatic carbocycles. The molecule has 0 bridgehead atoms. The highest BCUT2D eigenvalue weighted by Crippen LogP contribution is 2.23. The zero-order valence-corrected chi connectivity index (χ0v) is 11.1. The van der Waals surface area contributed by atoms with Crippen LogP contribution < -0.4 is 11.3 Å². The van der Waals surface area contributed by atoms with Gasteiger partial charge in [-0.2, -0.15) is 0 Å². The fourth-order valence-electron chi connectivity index (χ4n) is 1.53. The van der Waals surface area contributed by atoms with Gasteiger partial charge in [0.2, 0.25) is 0 Å². The van der Waals surface area contributed by atoms with Crippen molar-refractivity contribution < 1.29 is 4.21 Å². The van der Waals surface area contributed by atoms with Crippen molar-refractivity contribution in [3.63, 3.8) is 0 Å². The van der Waals surface area contributed by atoms with Crippen molar-refractivity contribution in [2.45, 2.75) is 5.03 Å². The second-order valence-electron chi connectivity index (χ2n) is 3.70. The average molecular weight is 275 g/mol. The molecule has 2 aromatic heterocycles. The molecule has 0 aliphatic rings. The Morgan fingerprint density at radius 1 is 1.37 bits per heavy atom. The van der Waals surface area contributed by atoms with Gasteiger partial charge in [0.25, 0.3) is 0 Å². The maximum atomic E-state index is 11.4. The minimum absolute atomic E-state index is 0.400. The van der Waals surface area contributed by atoms with Gasteiger partial charge in [0, 0.05) is 29.8 Å². The molecule has 0 spiro atoms. The zero-order chi connectivity index (χ0) is 13.8. The summed E-state index contributed by atoms with van der Waals surface area (Å²) in [5.74, 6) is 6.29. The van der Waals surface area contributed by atoms with E-state index >= 15 is 0 Å². The number of hydrogen-bond acceptors (Lipinski definition) is 6. The molecule has 0 saturated carbocycles. The number of rotatable bonds is 4. The van der Waals surface area contributed by atoms with E-state index in [2.05, 4.69) is 27.0 Å². The van der Waals surface area contributed by atoms with Gasteiger partial charge in [-0.25, -0.2) is 20.8 Å². The summed E-state index contributed by atoms with van der Waals surface area (Å²) >= 11 is 0. The first-order valence-electron chi connectivity index (χ1n) is 5.41. The number of nitrogens with zero attached hydrogens (tertiary/aromatic N) is 3. The lowest BCUT2D eigenvalue weighted by Gasteiger charge is -2.09. The fourth-order valence-corrected chi connectivity index (χ4v) is 2.00. The van der Waals surface area contributed by atoms with Crippen LogP contribution in [0.2, 0.25) is 0 Å². The molecule has 2 rings (SSSR count). The largest absolute Gasteiger partial charge is 0.308 e. The summed E-state index contributed by atoms with van der Waals surface area (Å²) in [4.78, 5) is 12.4. The number of anilines is 1. The first-order valence-corrected chi connectivity index (χ1v) is 6.97. The molecule has 0 radical (unpaired) electrons. The third kappa shape index (κ3) is 2.83. The third-order valence-corrected chi connectivity index (χ3v) is 3.28. The quantitative estimate of drug-likeness (QED) is 0.490. The third-order valence-electron chi connectivity index (χ3n) is 2.46. The number of nitrogens with one attached hydrogen (secondary N) is 1. The molecule has 0 fully saturated rings. The van der Waals surface area contributed by atoms with Crippen molar-refractivity contribution in [2.75, 3.05) is 11.7 Å². The summed E-state index contributed by atoms with van der Waals surface area (Å²) in [6.45, 7) is 3.94. The maximum absolute atomic E-state index is 11.4. The van der Waals surface area contributed by atoms with E-state index < -0.39 is 10.8 Å². The van der Waals surface area contributed by atoms with E-state index in [4.69, 9.17) is 5.84 Å². The normalized spacial score (nSPS) is 11.9. The lowest BCUT2D eigenvalue weighted by atomic mass is 10.1. The number of nitrogen functional groups attached to an aromatic ring is 1. The van der Waals surface area contributed by atoms with Crippen LogP contribution in [0, 0.1) is 0 Å². The molecule has 3 N–H and O–H groups in total. The number of pyridine rings is 1. The standard InChI is InChI=1S/C12H13N5OS/c1-8(9-4-3-6-14-12(9)17-13)11-15-7-5-10(16-11)19(2)18/h3-7H,1,13H2,2H3,(H,14,17). The highest BCUT2D eigenvalue weighted by Gasteiger charge is 2.12. The van der Waals surface area contributed by atoms with Crippen molar-refractivity contribution in [1.29, 1.82) is 0 Å². The molecule has 0 aromatic carbocycles. The van der Waals surface area contributed by atoms with Crippen LogP contribution in [0.3, 0.4) is 0 Å². The van der Waals surface area contributed by atoms with Gasteiger partial charge in [0.1, 0.15) is 10.8 Å². The van der Waals surface area contributed by atoms with Gasteiger partial charge in [0.15, 0.2) is 5.82 Å². The molecule has 2 aromatic rings. The fraction of sp³-hybridized carbons (Fsp3) is 0.0833. The minimum atomic E-state index is -1.17. The van der Waals surface area contributed by atoms with Gasteiger partial charge >= 0.3 is 0 Å². The van der Waals surface area contributed by atoms with Crippen LogP contribution >= 0.6 is 0 Å². The molecule has 0 saturated heterocycles. The lowest BCUT2D eigenvalue weighted by Crippen LogP contribution is -2.11. The number of aromatic nitrogens is 3. The molecule has 1 atom stereocenters. The highest BCUT2D eigenvalue weighted by atomic mass is 32.2. The van der Waals surface area contributed by atoms with Crippen LogP contribution in [0.4, 0.5) is 5.82 Å². The predicted molar refractivity (Wildman–Crippen MR) is 74.5 cm³/mol. The smallest absolute Gasteiger partial charge is 0.160 e. The Morgan fingerprint density at radius 2 is 2.16 bits per heavy atom. The second-order valence-corrected chi connectivity index (χ2v) is 5.02. The molecular weight excluding hydrogens is 262 g/mol. The van der Waals surface area contributed by atoms with Crippen molar-refractivity contribution in [2.24, 2.45) is 5.84 Å². The topological polar surface area (TPSA) is 93.8 Å². The van der Waals surface area contributed by atoms with E-state index in [1.807, 2.05) is 6.07 Å². The second kappa shape index (κ2) is 5.68. The number of hydrazine groups is 1. The van der Waals surface area contributed by atoms with Crippen molar-refractivity contribution in [3.8, 4) is 0 Å². The lowest BCUT2D eigenvalue weighted by molar-refractivity contribution is 0.683. The highest BCUT2D eigenvalue weighted by molar-refractivity contribution is 7.84. The molecule has 0 aliphatic heterocycles. The van der Waals surface area contributed by atoms with Crippen molar-refractivity contribution in [3.05, 3.63) is 48.6 Å². The van der Waals surface area contributed by atoms with Gasteiger partial charge in [-0.3, -0.25) is 4.21 Å². The van der Waals surface area contributed by atoms with Crippen LogP contribution in [-0.4, -0.2) is 25.4 Å². The van der Waals surface area contributed by atoms with Crippen molar-refractivity contribution >= 4 is 22.2 Å². The minimum Gasteiger partial charge on any atom is -0.308 e. The summed E-state index contributed by atoms with van der Waals surface area (Å²) in [7, 11) is -1.17. The van der Waals surface area contributed by atoms with E-state index in [0.717, 1.165) is 0 Å². The number of nitrogens with two attached hydrogens (primary N) is 1.